The summed E-state index contributed by atoms with van der Waals surface area (Å²) in [5.74, 6) is 0.859. The van der Waals surface area contributed by atoms with E-state index in [0.717, 1.165) is 13.0 Å². The van der Waals surface area contributed by atoms with E-state index in [4.69, 9.17) is 5.73 Å². The van der Waals surface area contributed by atoms with Gasteiger partial charge in [0.1, 0.15) is 0 Å². The van der Waals surface area contributed by atoms with Gasteiger partial charge < -0.3 is 5.73 Å². The monoisotopic (exact) mass is 200 g/mol. The Kier molecular flexibility index (Phi) is 5.77. The summed E-state index contributed by atoms with van der Waals surface area (Å²) in [6.07, 6.45) is 0.846. The molecule has 0 heterocycles. The van der Waals surface area contributed by atoms with Gasteiger partial charge >= 0.3 is 0 Å². The summed E-state index contributed by atoms with van der Waals surface area (Å²) in [6, 6.07) is -0.114. The van der Waals surface area contributed by atoms with Crippen LogP contribution in [0.2, 0.25) is 0 Å². The van der Waals surface area contributed by atoms with Crippen LogP contribution in [0.3, 0.4) is 0 Å². The van der Waals surface area contributed by atoms with Gasteiger partial charge in [0.2, 0.25) is 5.91 Å². The van der Waals surface area contributed by atoms with Crippen molar-refractivity contribution in [1.29, 1.82) is 0 Å². The van der Waals surface area contributed by atoms with Gasteiger partial charge in [-0.1, -0.05) is 27.7 Å². The third kappa shape index (κ3) is 5.22. The highest BCUT2D eigenvalue weighted by molar-refractivity contribution is 5.79. The zero-order chi connectivity index (χ0) is 11.3. The summed E-state index contributed by atoms with van der Waals surface area (Å²) in [7, 11) is 1.97. The van der Waals surface area contributed by atoms with Crippen molar-refractivity contribution in [2.24, 2.45) is 17.6 Å². The SMILES string of the molecule is CC(C)C[C@@H](C(N)=O)N(C)CC(C)C. The highest BCUT2D eigenvalue weighted by atomic mass is 16.1. The van der Waals surface area contributed by atoms with Crippen molar-refractivity contribution in [3.8, 4) is 0 Å². The number of amides is 1. The van der Waals surface area contributed by atoms with Gasteiger partial charge in [-0.3, -0.25) is 9.69 Å². The molecule has 0 rings (SSSR count). The molecular formula is C11H24N2O. The molecular weight excluding hydrogens is 176 g/mol. The predicted molar refractivity (Wildman–Crippen MR) is 59.9 cm³/mol. The highest BCUT2D eigenvalue weighted by Gasteiger charge is 2.21. The molecule has 3 heteroatoms. The number of likely N-dealkylation sites (N-methyl/N-ethyl adjacent to an activating group) is 1. The number of nitrogens with two attached hydrogens (primary N) is 1. The van der Waals surface area contributed by atoms with E-state index >= 15 is 0 Å². The first-order chi connectivity index (χ1) is 6.34. The van der Waals surface area contributed by atoms with Gasteiger partial charge in [0.25, 0.3) is 0 Å². The molecule has 0 aromatic heterocycles. The van der Waals surface area contributed by atoms with E-state index in [2.05, 4.69) is 32.6 Å². The largest absolute Gasteiger partial charge is 0.368 e. The summed E-state index contributed by atoms with van der Waals surface area (Å²) in [5.41, 5.74) is 5.38. The Balaban J connectivity index is 4.26. The van der Waals surface area contributed by atoms with Gasteiger partial charge in [-0.15, -0.1) is 0 Å². The number of hydrogen-bond acceptors (Lipinski definition) is 2. The minimum atomic E-state index is -0.207. The molecule has 0 aromatic rings. The molecule has 0 radical (unpaired) electrons. The highest BCUT2D eigenvalue weighted by Crippen LogP contribution is 2.11. The van der Waals surface area contributed by atoms with Crippen LogP contribution in [0.25, 0.3) is 0 Å². The zero-order valence-corrected chi connectivity index (χ0v) is 10.1. The third-order valence-corrected chi connectivity index (χ3v) is 2.21. The Bertz CT molecular complexity index is 178. The maximum absolute atomic E-state index is 11.2. The van der Waals surface area contributed by atoms with Crippen LogP contribution in [0.1, 0.15) is 34.1 Å². The second-order valence-corrected chi connectivity index (χ2v) is 4.88. The fourth-order valence-corrected chi connectivity index (χ4v) is 1.66. The summed E-state index contributed by atoms with van der Waals surface area (Å²) in [6.45, 7) is 9.42. The number of rotatable bonds is 6. The Morgan fingerprint density at radius 2 is 1.71 bits per heavy atom. The van der Waals surface area contributed by atoms with Gasteiger partial charge in [-0.25, -0.2) is 0 Å². The Hall–Kier alpha value is -0.570. The third-order valence-electron chi connectivity index (χ3n) is 2.21. The van der Waals surface area contributed by atoms with Crippen molar-refractivity contribution in [3.05, 3.63) is 0 Å². The van der Waals surface area contributed by atoms with Gasteiger partial charge in [-0.05, 0) is 25.3 Å². The predicted octanol–water partition coefficient (Wildman–Crippen LogP) is 1.47. The Labute approximate surface area is 87.6 Å². The average Bonchev–Trinajstić information content (AvgIpc) is 1.97. The van der Waals surface area contributed by atoms with Gasteiger partial charge in [0.05, 0.1) is 6.04 Å². The van der Waals surface area contributed by atoms with Crippen molar-refractivity contribution in [3.63, 3.8) is 0 Å². The number of hydrogen-bond donors (Lipinski definition) is 1. The van der Waals surface area contributed by atoms with E-state index in [-0.39, 0.29) is 11.9 Å². The van der Waals surface area contributed by atoms with Crippen LogP contribution in [0.15, 0.2) is 0 Å². The van der Waals surface area contributed by atoms with E-state index in [0.29, 0.717) is 11.8 Å². The van der Waals surface area contributed by atoms with Crippen LogP contribution in [0.4, 0.5) is 0 Å². The van der Waals surface area contributed by atoms with E-state index in [9.17, 15) is 4.79 Å². The fraction of sp³-hybridized carbons (Fsp3) is 0.909. The molecule has 0 bridgehead atoms. The van der Waals surface area contributed by atoms with Crippen LogP contribution in [-0.4, -0.2) is 30.4 Å². The fourth-order valence-electron chi connectivity index (χ4n) is 1.66. The number of nitrogens with zero attached hydrogens (tertiary/aromatic N) is 1. The lowest BCUT2D eigenvalue weighted by Crippen LogP contribution is -2.44. The van der Waals surface area contributed by atoms with Crippen molar-refractivity contribution < 1.29 is 4.79 Å². The molecule has 0 aliphatic heterocycles. The van der Waals surface area contributed by atoms with Crippen molar-refractivity contribution >= 4 is 5.91 Å². The van der Waals surface area contributed by atoms with Crippen LogP contribution in [0, 0.1) is 11.8 Å². The minimum absolute atomic E-state index is 0.114. The van der Waals surface area contributed by atoms with E-state index in [1.165, 1.54) is 0 Å². The number of carbonyl (C=O) groups excluding carboxylic acids is 1. The first-order valence-electron chi connectivity index (χ1n) is 5.34. The van der Waals surface area contributed by atoms with Gasteiger partial charge in [-0.2, -0.15) is 0 Å². The van der Waals surface area contributed by atoms with E-state index in [1.54, 1.807) is 0 Å². The maximum atomic E-state index is 11.2. The first kappa shape index (κ1) is 13.4. The number of carbonyl (C=O) groups is 1. The minimum Gasteiger partial charge on any atom is -0.368 e. The summed E-state index contributed by atoms with van der Waals surface area (Å²) in [5, 5.41) is 0. The van der Waals surface area contributed by atoms with Crippen LogP contribution >= 0.6 is 0 Å². The van der Waals surface area contributed by atoms with Gasteiger partial charge in [0.15, 0.2) is 0 Å². The molecule has 1 amide bonds. The lowest BCUT2D eigenvalue weighted by Gasteiger charge is -2.28. The van der Waals surface area contributed by atoms with E-state index < -0.39 is 0 Å². The molecule has 0 aliphatic carbocycles. The van der Waals surface area contributed by atoms with Crippen molar-refractivity contribution in [2.75, 3.05) is 13.6 Å². The quantitative estimate of drug-likeness (QED) is 0.706. The van der Waals surface area contributed by atoms with Crippen LogP contribution < -0.4 is 5.73 Å². The standard InChI is InChI=1S/C11H24N2O/c1-8(2)6-10(11(12)14)13(5)7-9(3)4/h8-10H,6-7H2,1-5H3,(H2,12,14)/t10-/m0/s1. The van der Waals surface area contributed by atoms with Crippen molar-refractivity contribution in [2.45, 2.75) is 40.2 Å². The smallest absolute Gasteiger partial charge is 0.234 e. The summed E-state index contributed by atoms with van der Waals surface area (Å²) in [4.78, 5) is 13.3. The molecule has 0 aliphatic rings. The molecule has 0 spiro atoms. The molecule has 2 N–H and O–H groups in total. The first-order valence-corrected chi connectivity index (χ1v) is 5.34. The number of primary amides is 1. The molecule has 14 heavy (non-hydrogen) atoms. The van der Waals surface area contributed by atoms with Gasteiger partial charge in [0, 0.05) is 6.54 Å². The average molecular weight is 200 g/mol. The molecule has 0 aromatic carbocycles. The second kappa shape index (κ2) is 6.02. The molecule has 1 atom stereocenters. The normalized spacial score (nSPS) is 14.0. The van der Waals surface area contributed by atoms with Crippen LogP contribution in [-0.2, 0) is 4.79 Å². The lowest BCUT2D eigenvalue weighted by molar-refractivity contribution is -0.123. The molecule has 3 nitrogen and oxygen atoms in total. The molecule has 0 unspecified atom stereocenters. The molecule has 0 fully saturated rings. The Morgan fingerprint density at radius 1 is 1.21 bits per heavy atom. The summed E-state index contributed by atoms with van der Waals surface area (Å²) >= 11 is 0. The van der Waals surface area contributed by atoms with Crippen LogP contribution in [0.5, 0.6) is 0 Å². The van der Waals surface area contributed by atoms with Crippen molar-refractivity contribution in [1.82, 2.24) is 4.90 Å². The molecule has 0 saturated carbocycles. The summed E-state index contributed by atoms with van der Waals surface area (Å²) < 4.78 is 0. The Morgan fingerprint density at radius 3 is 2.00 bits per heavy atom. The second-order valence-electron chi connectivity index (χ2n) is 4.88. The maximum Gasteiger partial charge on any atom is 0.234 e. The van der Waals surface area contributed by atoms with E-state index in [1.807, 2.05) is 7.05 Å². The molecule has 0 saturated heterocycles. The zero-order valence-electron chi connectivity index (χ0n) is 10.1. The lowest BCUT2D eigenvalue weighted by atomic mass is 10.0. The molecule has 84 valence electrons. The topological polar surface area (TPSA) is 46.3 Å².